The Hall–Kier alpha value is -3.27. The average molecular weight is 444 g/mol. The minimum atomic E-state index is -0.651. The van der Waals surface area contributed by atoms with Crippen LogP contribution in [0, 0.1) is 6.92 Å². The van der Waals surface area contributed by atoms with Crippen LogP contribution in [0.5, 0.6) is 5.75 Å². The molecule has 1 aliphatic rings. The number of aromatic nitrogens is 3. The number of hydrogen-bond acceptors (Lipinski definition) is 7. The SMILES string of the molecule is C=CCn1c(C)nnc1SCC1=C(C(=O)OCC)C(c2ccc(OC)cc2)NC(=O)N1. The van der Waals surface area contributed by atoms with Gasteiger partial charge in [-0.3, -0.25) is 0 Å². The second-order valence-corrected chi connectivity index (χ2v) is 7.58. The Morgan fingerprint density at radius 3 is 2.71 bits per heavy atom. The molecule has 2 heterocycles. The summed E-state index contributed by atoms with van der Waals surface area (Å²) < 4.78 is 12.4. The molecule has 164 valence electrons. The topological polar surface area (TPSA) is 107 Å². The van der Waals surface area contributed by atoms with Crippen molar-refractivity contribution in [1.82, 2.24) is 25.4 Å². The van der Waals surface area contributed by atoms with Gasteiger partial charge in [0.1, 0.15) is 11.6 Å². The van der Waals surface area contributed by atoms with Crippen LogP contribution in [0.15, 0.2) is 53.3 Å². The Labute approximate surface area is 184 Å². The minimum Gasteiger partial charge on any atom is -0.497 e. The quantitative estimate of drug-likeness (QED) is 0.349. The number of benzene rings is 1. The Morgan fingerprint density at radius 1 is 1.32 bits per heavy atom. The standard InChI is InChI=1S/C21H25N5O4S/c1-5-11-26-13(3)24-25-21(26)31-12-16-17(19(27)30-6-2)18(23-20(28)22-16)14-7-9-15(29-4)10-8-14/h5,7-10,18H,1,6,11-12H2,2-4H3,(H2,22,23,28). The Bertz CT molecular complexity index is 1000. The molecule has 9 nitrogen and oxygen atoms in total. The predicted octanol–water partition coefficient (Wildman–Crippen LogP) is 2.74. The summed E-state index contributed by atoms with van der Waals surface area (Å²) in [6, 6.07) is 6.13. The Morgan fingerprint density at radius 2 is 2.06 bits per heavy atom. The molecule has 0 aliphatic carbocycles. The number of carbonyl (C=O) groups is 2. The molecule has 2 aromatic rings. The maximum absolute atomic E-state index is 12.9. The van der Waals surface area contributed by atoms with Crippen molar-refractivity contribution >= 4 is 23.8 Å². The summed E-state index contributed by atoms with van der Waals surface area (Å²) in [7, 11) is 1.58. The van der Waals surface area contributed by atoms with Crippen LogP contribution in [0.3, 0.4) is 0 Å². The van der Waals surface area contributed by atoms with Crippen molar-refractivity contribution in [2.75, 3.05) is 19.5 Å². The molecule has 10 heteroatoms. The Balaban J connectivity index is 1.96. The van der Waals surface area contributed by atoms with E-state index in [4.69, 9.17) is 9.47 Å². The molecule has 1 aliphatic heterocycles. The number of ether oxygens (including phenoxy) is 2. The first-order valence-corrected chi connectivity index (χ1v) is 10.7. The number of allylic oxidation sites excluding steroid dienone is 1. The van der Waals surface area contributed by atoms with Crippen LogP contribution in [0.2, 0.25) is 0 Å². The largest absolute Gasteiger partial charge is 0.497 e. The van der Waals surface area contributed by atoms with Crippen molar-refractivity contribution in [3.05, 3.63) is 59.6 Å². The first-order chi connectivity index (χ1) is 15.0. The molecule has 3 rings (SSSR count). The van der Waals surface area contributed by atoms with Gasteiger partial charge in [-0.2, -0.15) is 0 Å². The van der Waals surface area contributed by atoms with Gasteiger partial charge < -0.3 is 24.7 Å². The lowest BCUT2D eigenvalue weighted by Gasteiger charge is -2.29. The highest BCUT2D eigenvalue weighted by molar-refractivity contribution is 7.99. The molecule has 0 spiro atoms. The fourth-order valence-electron chi connectivity index (χ4n) is 3.17. The highest BCUT2D eigenvalue weighted by Crippen LogP contribution is 2.31. The number of hydrogen-bond donors (Lipinski definition) is 2. The second kappa shape index (κ2) is 10.2. The summed E-state index contributed by atoms with van der Waals surface area (Å²) in [4.78, 5) is 25.3. The molecule has 0 fully saturated rings. The van der Waals surface area contributed by atoms with Gasteiger partial charge in [-0.1, -0.05) is 30.0 Å². The number of aryl methyl sites for hydroxylation is 1. The molecule has 0 saturated heterocycles. The summed E-state index contributed by atoms with van der Waals surface area (Å²) in [5.74, 6) is 1.25. The average Bonchev–Trinajstić information content (AvgIpc) is 3.11. The first kappa shape index (κ1) is 22.4. The minimum absolute atomic E-state index is 0.221. The van der Waals surface area contributed by atoms with Gasteiger partial charge in [0.25, 0.3) is 0 Å². The molecular weight excluding hydrogens is 418 g/mol. The fraction of sp³-hybridized carbons (Fsp3) is 0.333. The molecule has 0 radical (unpaired) electrons. The van der Waals surface area contributed by atoms with Crippen molar-refractivity contribution in [3.8, 4) is 5.75 Å². The summed E-state index contributed by atoms with van der Waals surface area (Å²) >= 11 is 1.37. The van der Waals surface area contributed by atoms with Crippen LogP contribution in [0.4, 0.5) is 4.79 Å². The lowest BCUT2D eigenvalue weighted by molar-refractivity contribution is -0.139. The van der Waals surface area contributed by atoms with E-state index in [1.165, 1.54) is 11.8 Å². The van der Waals surface area contributed by atoms with E-state index >= 15 is 0 Å². The molecule has 1 aromatic carbocycles. The van der Waals surface area contributed by atoms with E-state index in [-0.39, 0.29) is 6.61 Å². The number of urea groups is 1. The highest BCUT2D eigenvalue weighted by Gasteiger charge is 2.34. The molecule has 0 saturated carbocycles. The van der Waals surface area contributed by atoms with Crippen molar-refractivity contribution in [1.29, 1.82) is 0 Å². The third kappa shape index (κ3) is 5.08. The number of methoxy groups -OCH3 is 1. The van der Waals surface area contributed by atoms with Crippen LogP contribution in [0.25, 0.3) is 0 Å². The highest BCUT2D eigenvalue weighted by atomic mass is 32.2. The number of rotatable bonds is 9. The third-order valence-corrected chi connectivity index (χ3v) is 5.65. The van der Waals surface area contributed by atoms with Gasteiger partial charge in [0.15, 0.2) is 5.16 Å². The van der Waals surface area contributed by atoms with Crippen molar-refractivity contribution in [2.45, 2.75) is 31.6 Å². The van der Waals surface area contributed by atoms with Crippen LogP contribution >= 0.6 is 11.8 Å². The zero-order valence-electron chi connectivity index (χ0n) is 17.7. The van der Waals surface area contributed by atoms with Crippen molar-refractivity contribution < 1.29 is 19.1 Å². The van der Waals surface area contributed by atoms with Gasteiger partial charge in [0, 0.05) is 18.0 Å². The van der Waals surface area contributed by atoms with E-state index in [1.807, 2.05) is 23.6 Å². The summed E-state index contributed by atoms with van der Waals surface area (Å²) in [5.41, 5.74) is 1.57. The molecule has 2 N–H and O–H groups in total. The van der Waals surface area contributed by atoms with Gasteiger partial charge in [0.05, 0.1) is 25.3 Å². The van der Waals surface area contributed by atoms with Crippen LogP contribution < -0.4 is 15.4 Å². The van der Waals surface area contributed by atoms with Gasteiger partial charge in [-0.25, -0.2) is 9.59 Å². The summed E-state index contributed by atoms with van der Waals surface area (Å²) in [5, 5.41) is 14.5. The van der Waals surface area contributed by atoms with E-state index in [0.29, 0.717) is 34.5 Å². The number of nitrogens with zero attached hydrogens (tertiary/aromatic N) is 3. The van der Waals surface area contributed by atoms with Crippen molar-refractivity contribution in [2.24, 2.45) is 0 Å². The zero-order valence-corrected chi connectivity index (χ0v) is 18.5. The summed E-state index contributed by atoms with van der Waals surface area (Å²) in [6.07, 6.45) is 1.76. The zero-order chi connectivity index (χ0) is 22.4. The number of carbonyl (C=O) groups excluding carboxylic acids is 2. The number of thioether (sulfide) groups is 1. The molecule has 1 atom stereocenters. The monoisotopic (exact) mass is 443 g/mol. The number of nitrogens with one attached hydrogen (secondary N) is 2. The van der Waals surface area contributed by atoms with Crippen LogP contribution in [0.1, 0.15) is 24.4 Å². The lowest BCUT2D eigenvalue weighted by Crippen LogP contribution is -2.46. The third-order valence-electron chi connectivity index (χ3n) is 4.66. The Kier molecular flexibility index (Phi) is 7.35. The number of esters is 1. The molecule has 31 heavy (non-hydrogen) atoms. The maximum Gasteiger partial charge on any atom is 0.338 e. The lowest BCUT2D eigenvalue weighted by atomic mass is 9.95. The van der Waals surface area contributed by atoms with Gasteiger partial charge in [0.2, 0.25) is 0 Å². The molecule has 1 unspecified atom stereocenters. The van der Waals surface area contributed by atoms with E-state index in [0.717, 1.165) is 11.4 Å². The van der Waals surface area contributed by atoms with Crippen molar-refractivity contribution in [3.63, 3.8) is 0 Å². The van der Waals surface area contributed by atoms with E-state index in [1.54, 1.807) is 32.2 Å². The van der Waals surface area contributed by atoms with Gasteiger partial charge >= 0.3 is 12.0 Å². The van der Waals surface area contributed by atoms with Gasteiger partial charge in [-0.15, -0.1) is 16.8 Å². The van der Waals surface area contributed by atoms with E-state index < -0.39 is 18.0 Å². The smallest absolute Gasteiger partial charge is 0.338 e. The number of amides is 2. The fourth-order valence-corrected chi connectivity index (χ4v) is 4.13. The maximum atomic E-state index is 12.9. The summed E-state index contributed by atoms with van der Waals surface area (Å²) in [6.45, 7) is 8.14. The van der Waals surface area contributed by atoms with E-state index in [9.17, 15) is 9.59 Å². The van der Waals surface area contributed by atoms with E-state index in [2.05, 4.69) is 27.4 Å². The predicted molar refractivity (Wildman–Crippen MR) is 117 cm³/mol. The normalized spacial score (nSPS) is 15.8. The van der Waals surface area contributed by atoms with Crippen LogP contribution in [-0.4, -0.2) is 46.2 Å². The van der Waals surface area contributed by atoms with Crippen LogP contribution in [-0.2, 0) is 16.1 Å². The molecule has 1 aromatic heterocycles. The molecule has 0 bridgehead atoms. The van der Waals surface area contributed by atoms with Gasteiger partial charge in [-0.05, 0) is 31.5 Å². The molecular formula is C21H25N5O4S. The first-order valence-electron chi connectivity index (χ1n) is 9.73. The second-order valence-electron chi connectivity index (χ2n) is 6.64. The molecule has 2 amide bonds.